The summed E-state index contributed by atoms with van der Waals surface area (Å²) in [5, 5.41) is 7.24. The van der Waals surface area contributed by atoms with Crippen molar-refractivity contribution in [2.45, 2.75) is 24.8 Å². The summed E-state index contributed by atoms with van der Waals surface area (Å²) < 4.78 is 22.9. The zero-order valence-electron chi connectivity index (χ0n) is 14.1. The van der Waals surface area contributed by atoms with E-state index in [1.807, 2.05) is 13.8 Å². The SMILES string of the molecule is CC(C)C(NC(=O)c1cccs1)C(=O)Nc1ccc(S(C)(=O)=O)cc1. The maximum atomic E-state index is 12.5. The molecule has 2 rings (SSSR count). The molecule has 0 saturated heterocycles. The smallest absolute Gasteiger partial charge is 0.262 e. The maximum absolute atomic E-state index is 12.5. The first-order valence-corrected chi connectivity index (χ1v) is 10.4. The van der Waals surface area contributed by atoms with Crippen LogP contribution in [0.2, 0.25) is 0 Å². The van der Waals surface area contributed by atoms with Gasteiger partial charge in [-0.1, -0.05) is 19.9 Å². The molecule has 1 heterocycles. The predicted octanol–water partition coefficient (Wildman–Crippen LogP) is 2.54. The lowest BCUT2D eigenvalue weighted by atomic mass is 10.0. The second kappa shape index (κ2) is 7.79. The molecular weight excluding hydrogens is 360 g/mol. The zero-order valence-corrected chi connectivity index (χ0v) is 15.8. The number of thiophene rings is 1. The molecule has 0 radical (unpaired) electrons. The molecule has 0 aliphatic rings. The third-order valence-corrected chi connectivity index (χ3v) is 5.53. The number of carbonyl (C=O) groups is 2. The van der Waals surface area contributed by atoms with Gasteiger partial charge in [-0.2, -0.15) is 0 Å². The zero-order chi connectivity index (χ0) is 18.6. The molecule has 8 heteroatoms. The number of anilines is 1. The van der Waals surface area contributed by atoms with Crippen molar-refractivity contribution in [1.29, 1.82) is 0 Å². The average molecular weight is 380 g/mol. The average Bonchev–Trinajstić information content (AvgIpc) is 3.06. The number of hydrogen-bond acceptors (Lipinski definition) is 5. The van der Waals surface area contributed by atoms with Crippen LogP contribution in [0.5, 0.6) is 0 Å². The van der Waals surface area contributed by atoms with Crippen LogP contribution in [-0.2, 0) is 14.6 Å². The Morgan fingerprint density at radius 3 is 2.20 bits per heavy atom. The summed E-state index contributed by atoms with van der Waals surface area (Å²) in [6.45, 7) is 3.68. The van der Waals surface area contributed by atoms with Crippen LogP contribution in [0.1, 0.15) is 23.5 Å². The highest BCUT2D eigenvalue weighted by Crippen LogP contribution is 2.16. The minimum absolute atomic E-state index is 0.112. The number of carbonyl (C=O) groups excluding carboxylic acids is 2. The van der Waals surface area contributed by atoms with Gasteiger partial charge < -0.3 is 10.6 Å². The Hall–Kier alpha value is -2.19. The summed E-state index contributed by atoms with van der Waals surface area (Å²) >= 11 is 1.30. The summed E-state index contributed by atoms with van der Waals surface area (Å²) in [4.78, 5) is 25.4. The van der Waals surface area contributed by atoms with Crippen LogP contribution >= 0.6 is 11.3 Å². The van der Waals surface area contributed by atoms with Crippen molar-refractivity contribution in [3.05, 3.63) is 46.7 Å². The quantitative estimate of drug-likeness (QED) is 0.805. The standard InChI is InChI=1S/C17H20N2O4S2/c1-11(2)15(19-16(20)14-5-4-10-24-14)17(21)18-12-6-8-13(9-7-12)25(3,22)23/h4-11,15H,1-3H3,(H,18,21)(H,19,20). The number of amides is 2. The van der Waals surface area contributed by atoms with Gasteiger partial charge in [-0.25, -0.2) is 8.42 Å². The van der Waals surface area contributed by atoms with Crippen LogP contribution in [0, 0.1) is 5.92 Å². The molecule has 2 N–H and O–H groups in total. The van der Waals surface area contributed by atoms with Crippen LogP contribution < -0.4 is 10.6 Å². The molecule has 25 heavy (non-hydrogen) atoms. The number of hydrogen-bond donors (Lipinski definition) is 2. The van der Waals surface area contributed by atoms with Gasteiger partial charge in [0.05, 0.1) is 9.77 Å². The summed E-state index contributed by atoms with van der Waals surface area (Å²) in [7, 11) is -3.29. The van der Waals surface area contributed by atoms with Gasteiger partial charge in [-0.15, -0.1) is 11.3 Å². The number of sulfone groups is 1. The Balaban J connectivity index is 2.09. The lowest BCUT2D eigenvalue weighted by Crippen LogP contribution is -2.46. The van der Waals surface area contributed by atoms with E-state index in [-0.39, 0.29) is 22.6 Å². The van der Waals surface area contributed by atoms with E-state index < -0.39 is 15.9 Å². The van der Waals surface area contributed by atoms with Crippen molar-refractivity contribution in [3.63, 3.8) is 0 Å². The third kappa shape index (κ3) is 5.14. The molecule has 0 saturated carbocycles. The molecule has 2 aromatic rings. The Morgan fingerprint density at radius 1 is 1.08 bits per heavy atom. The Bertz CT molecular complexity index is 841. The minimum Gasteiger partial charge on any atom is -0.339 e. The van der Waals surface area contributed by atoms with Gasteiger partial charge >= 0.3 is 0 Å². The second-order valence-corrected chi connectivity index (χ2v) is 8.92. The summed E-state index contributed by atoms with van der Waals surface area (Å²) in [5.41, 5.74) is 0.466. The van der Waals surface area contributed by atoms with Crippen molar-refractivity contribution in [2.24, 2.45) is 5.92 Å². The highest BCUT2D eigenvalue weighted by molar-refractivity contribution is 7.90. The molecule has 1 unspecified atom stereocenters. The van der Waals surface area contributed by atoms with Gasteiger partial charge in [-0.3, -0.25) is 9.59 Å². The Kier molecular flexibility index (Phi) is 5.97. The van der Waals surface area contributed by atoms with Crippen molar-refractivity contribution >= 4 is 38.7 Å². The molecule has 0 bridgehead atoms. The Labute approximate surface area is 151 Å². The van der Waals surface area contributed by atoms with E-state index in [1.54, 1.807) is 17.5 Å². The molecule has 1 atom stereocenters. The lowest BCUT2D eigenvalue weighted by Gasteiger charge is -2.21. The fourth-order valence-electron chi connectivity index (χ4n) is 2.16. The van der Waals surface area contributed by atoms with Crippen molar-refractivity contribution < 1.29 is 18.0 Å². The molecule has 0 aliphatic heterocycles. The first-order valence-electron chi connectivity index (χ1n) is 7.64. The number of nitrogens with one attached hydrogen (secondary N) is 2. The van der Waals surface area contributed by atoms with Crippen molar-refractivity contribution in [1.82, 2.24) is 5.32 Å². The van der Waals surface area contributed by atoms with Crippen molar-refractivity contribution in [2.75, 3.05) is 11.6 Å². The van der Waals surface area contributed by atoms with Gasteiger partial charge in [0.1, 0.15) is 6.04 Å². The van der Waals surface area contributed by atoms with Gasteiger partial charge in [0, 0.05) is 11.9 Å². The molecule has 1 aromatic carbocycles. The molecule has 0 fully saturated rings. The molecule has 1 aromatic heterocycles. The third-order valence-electron chi connectivity index (χ3n) is 3.53. The first-order chi connectivity index (χ1) is 11.7. The van der Waals surface area contributed by atoms with Gasteiger partial charge in [-0.05, 0) is 41.6 Å². The van der Waals surface area contributed by atoms with Crippen LogP contribution in [0.3, 0.4) is 0 Å². The molecule has 0 aliphatic carbocycles. The predicted molar refractivity (Wildman–Crippen MR) is 98.6 cm³/mol. The molecule has 134 valence electrons. The largest absolute Gasteiger partial charge is 0.339 e. The van der Waals surface area contributed by atoms with E-state index in [9.17, 15) is 18.0 Å². The minimum atomic E-state index is -3.29. The second-order valence-electron chi connectivity index (χ2n) is 5.96. The topological polar surface area (TPSA) is 92.3 Å². The highest BCUT2D eigenvalue weighted by atomic mass is 32.2. The number of benzene rings is 1. The molecule has 6 nitrogen and oxygen atoms in total. The van der Waals surface area contributed by atoms with E-state index in [4.69, 9.17) is 0 Å². The van der Waals surface area contributed by atoms with Gasteiger partial charge in [0.25, 0.3) is 5.91 Å². The molecular formula is C17H20N2O4S2. The highest BCUT2D eigenvalue weighted by Gasteiger charge is 2.25. The lowest BCUT2D eigenvalue weighted by molar-refractivity contribution is -0.118. The fraction of sp³-hybridized carbons (Fsp3) is 0.294. The van der Waals surface area contributed by atoms with Crippen LogP contribution in [0.25, 0.3) is 0 Å². The Morgan fingerprint density at radius 2 is 1.72 bits per heavy atom. The maximum Gasteiger partial charge on any atom is 0.262 e. The van der Waals surface area contributed by atoms with Crippen LogP contribution in [-0.4, -0.2) is 32.5 Å². The normalized spacial score (nSPS) is 12.6. The fourth-order valence-corrected chi connectivity index (χ4v) is 3.42. The molecule has 0 spiro atoms. The van der Waals surface area contributed by atoms with E-state index in [0.29, 0.717) is 10.6 Å². The van der Waals surface area contributed by atoms with E-state index in [2.05, 4.69) is 10.6 Å². The van der Waals surface area contributed by atoms with Gasteiger partial charge in [0.15, 0.2) is 9.84 Å². The monoisotopic (exact) mass is 380 g/mol. The van der Waals surface area contributed by atoms with Gasteiger partial charge in [0.2, 0.25) is 5.91 Å². The van der Waals surface area contributed by atoms with Crippen molar-refractivity contribution in [3.8, 4) is 0 Å². The number of rotatable bonds is 6. The van der Waals surface area contributed by atoms with E-state index >= 15 is 0 Å². The van der Waals surface area contributed by atoms with Crippen LogP contribution in [0.15, 0.2) is 46.7 Å². The van der Waals surface area contributed by atoms with E-state index in [0.717, 1.165) is 6.26 Å². The summed E-state index contributed by atoms with van der Waals surface area (Å²) in [5.74, 6) is -0.762. The van der Waals surface area contributed by atoms with E-state index in [1.165, 1.54) is 35.6 Å². The summed E-state index contributed by atoms with van der Waals surface area (Å²) in [6.07, 6.45) is 1.12. The van der Waals surface area contributed by atoms with Crippen LogP contribution in [0.4, 0.5) is 5.69 Å². The molecule has 2 amide bonds. The first kappa shape index (κ1) is 19.1. The summed E-state index contributed by atoms with van der Waals surface area (Å²) in [6, 6.07) is 8.66.